The van der Waals surface area contributed by atoms with E-state index in [4.69, 9.17) is 19.7 Å². The Bertz CT molecular complexity index is 2790. The second kappa shape index (κ2) is 21.8. The number of rotatable bonds is 11. The molecule has 2 aromatic carbocycles. The summed E-state index contributed by atoms with van der Waals surface area (Å²) in [6.45, 7) is 6.32. The average molecular weight is 897 g/mol. The Kier molecular flexibility index (Phi) is 14.8. The molecule has 0 spiro atoms. The highest BCUT2D eigenvalue weighted by Crippen LogP contribution is 2.42. The fourth-order valence-electron chi connectivity index (χ4n) is 10.6. The van der Waals surface area contributed by atoms with E-state index in [0.29, 0.717) is 23.8 Å². The molecule has 4 aliphatic rings. The van der Waals surface area contributed by atoms with Crippen LogP contribution < -0.4 is 25.8 Å². The number of aryl methyl sites for hydroxylation is 1. The monoisotopic (exact) mass is 897 g/mol. The molecule has 11 nitrogen and oxygen atoms in total. The normalized spacial score (nSPS) is 18.6. The Morgan fingerprint density at radius 2 is 1.13 bits per heavy atom. The van der Waals surface area contributed by atoms with E-state index >= 15 is 0 Å². The van der Waals surface area contributed by atoms with Gasteiger partial charge in [-0.05, 0) is 131 Å². The van der Waals surface area contributed by atoms with Gasteiger partial charge in [0, 0.05) is 91.2 Å². The number of hydrogen-bond acceptors (Lipinski definition) is 9. The summed E-state index contributed by atoms with van der Waals surface area (Å²) >= 11 is 0. The molecule has 2 aliphatic heterocycles. The summed E-state index contributed by atoms with van der Waals surface area (Å²) in [5.74, 6) is 4.23. The fourth-order valence-corrected chi connectivity index (χ4v) is 10.6. The molecule has 0 bridgehead atoms. The summed E-state index contributed by atoms with van der Waals surface area (Å²) in [6, 6.07) is 29.0. The largest absolute Gasteiger partial charge is 0.481 e. The maximum Gasteiger partial charge on any atom is 0.325 e. The maximum absolute atomic E-state index is 12.7. The van der Waals surface area contributed by atoms with E-state index in [1.807, 2.05) is 55.7 Å². The second-order valence-electron chi connectivity index (χ2n) is 18.5. The van der Waals surface area contributed by atoms with Crippen LogP contribution in [0.4, 0.5) is 11.6 Å². The second-order valence-corrected chi connectivity index (χ2v) is 18.5. The van der Waals surface area contributed by atoms with E-state index in [0.717, 1.165) is 111 Å². The Morgan fingerprint density at radius 1 is 0.612 bits per heavy atom. The number of anilines is 2. The van der Waals surface area contributed by atoms with Gasteiger partial charge in [0.2, 0.25) is 5.88 Å². The summed E-state index contributed by atoms with van der Waals surface area (Å²) in [4.78, 5) is 54.2. The van der Waals surface area contributed by atoms with Gasteiger partial charge < -0.3 is 19.5 Å². The number of pyridine rings is 2. The van der Waals surface area contributed by atoms with Crippen molar-refractivity contribution in [3.63, 3.8) is 0 Å². The molecule has 0 amide bonds. The number of methoxy groups -OCH3 is 1. The fraction of sp³-hybridized carbons (Fsp3) is 0.393. The number of hydrogen-bond donors (Lipinski definition) is 2. The SMILES string of the molecule is COc1nc(C)nc(C2CC=C(c3cccnc3N3CCCCC3)CC2)c1Cc1ccccc1.O=c1[nH]c(C2CC=C(c3cccnc3N3CCCCC3)CC2)c(Cc2ccccc2)c(=O)[nH]1. The van der Waals surface area contributed by atoms with Crippen molar-refractivity contribution in [2.45, 2.75) is 109 Å². The Labute approximate surface area is 394 Å². The van der Waals surface area contributed by atoms with Crippen molar-refractivity contribution in [3.8, 4) is 5.88 Å². The van der Waals surface area contributed by atoms with Crippen LogP contribution in [0.2, 0.25) is 0 Å². The van der Waals surface area contributed by atoms with Crippen LogP contribution in [0.5, 0.6) is 5.88 Å². The molecule has 2 aliphatic carbocycles. The van der Waals surface area contributed by atoms with Crippen molar-refractivity contribution in [2.75, 3.05) is 43.1 Å². The molecular formula is C56H64N8O3. The number of allylic oxidation sites excluding steroid dienone is 4. The molecule has 2 atom stereocenters. The lowest BCUT2D eigenvalue weighted by Gasteiger charge is -2.31. The first-order valence-corrected chi connectivity index (χ1v) is 24.5. The van der Waals surface area contributed by atoms with Crippen LogP contribution >= 0.6 is 0 Å². The topological polar surface area (TPSA) is 133 Å². The molecule has 6 aromatic rings. The highest BCUT2D eigenvalue weighted by Gasteiger charge is 2.28. The smallest absolute Gasteiger partial charge is 0.325 e. The zero-order valence-electron chi connectivity index (χ0n) is 39.2. The van der Waals surface area contributed by atoms with Crippen LogP contribution in [0.15, 0.2) is 119 Å². The minimum Gasteiger partial charge on any atom is -0.481 e. The highest BCUT2D eigenvalue weighted by atomic mass is 16.5. The number of piperidine rings is 2. The molecule has 11 heteroatoms. The van der Waals surface area contributed by atoms with Crippen molar-refractivity contribution in [1.82, 2.24) is 29.9 Å². The third kappa shape index (κ3) is 11.0. The van der Waals surface area contributed by atoms with Gasteiger partial charge in [-0.3, -0.25) is 9.78 Å². The Morgan fingerprint density at radius 3 is 1.64 bits per heavy atom. The van der Waals surface area contributed by atoms with E-state index in [9.17, 15) is 9.59 Å². The lowest BCUT2D eigenvalue weighted by molar-refractivity contribution is 0.388. The zero-order valence-corrected chi connectivity index (χ0v) is 39.2. The van der Waals surface area contributed by atoms with E-state index in [1.165, 1.54) is 66.4 Å². The summed E-state index contributed by atoms with van der Waals surface area (Å²) < 4.78 is 5.72. The van der Waals surface area contributed by atoms with Gasteiger partial charge >= 0.3 is 5.69 Å². The van der Waals surface area contributed by atoms with Crippen LogP contribution in [-0.4, -0.2) is 63.2 Å². The first-order valence-electron chi connectivity index (χ1n) is 24.5. The number of aromatic nitrogens is 6. The predicted molar refractivity (Wildman–Crippen MR) is 269 cm³/mol. The zero-order chi connectivity index (χ0) is 46.0. The number of ether oxygens (including phenoxy) is 1. The van der Waals surface area contributed by atoms with Crippen LogP contribution in [0.3, 0.4) is 0 Å². The van der Waals surface area contributed by atoms with Crippen molar-refractivity contribution in [3.05, 3.63) is 181 Å². The van der Waals surface area contributed by atoms with E-state index in [2.05, 4.69) is 85.4 Å². The third-order valence-electron chi connectivity index (χ3n) is 14.0. The first-order chi connectivity index (χ1) is 32.9. The van der Waals surface area contributed by atoms with Gasteiger partial charge in [-0.2, -0.15) is 4.98 Å². The quantitative estimate of drug-likeness (QED) is 0.130. The van der Waals surface area contributed by atoms with Gasteiger partial charge in [-0.15, -0.1) is 0 Å². The summed E-state index contributed by atoms with van der Waals surface area (Å²) in [5.41, 5.74) is 10.6. The van der Waals surface area contributed by atoms with Crippen molar-refractivity contribution in [2.24, 2.45) is 0 Å². The molecule has 10 rings (SSSR count). The van der Waals surface area contributed by atoms with Crippen molar-refractivity contribution >= 4 is 22.8 Å². The van der Waals surface area contributed by atoms with Gasteiger partial charge in [0.1, 0.15) is 17.5 Å². The summed E-state index contributed by atoms with van der Waals surface area (Å²) in [5, 5.41) is 0. The number of nitrogens with zero attached hydrogens (tertiary/aromatic N) is 6. The minimum atomic E-state index is -0.429. The molecule has 0 radical (unpaired) electrons. The van der Waals surface area contributed by atoms with Crippen LogP contribution in [-0.2, 0) is 12.8 Å². The van der Waals surface area contributed by atoms with Gasteiger partial charge in [-0.1, -0.05) is 72.8 Å². The lowest BCUT2D eigenvalue weighted by Crippen LogP contribution is -2.31. The molecule has 346 valence electrons. The van der Waals surface area contributed by atoms with Gasteiger partial charge in [-0.25, -0.2) is 19.7 Å². The van der Waals surface area contributed by atoms with Crippen molar-refractivity contribution in [1.29, 1.82) is 0 Å². The van der Waals surface area contributed by atoms with Gasteiger partial charge in [0.05, 0.1) is 12.8 Å². The standard InChI is InChI=1S/C29H34N4O.C27H30N4O2/c1-21-31-27(26(29(32-21)34-2)20-22-10-5-3-6-11-22)24-15-13-23(14-16-24)25-12-9-17-30-28(25)33-18-7-4-8-19-33;32-26-23(18-19-8-3-1-4-9-19)24(29-27(33)30-26)21-13-11-20(12-14-21)22-10-7-15-28-25(22)31-16-5-2-6-17-31/h3,5-6,9-13,17,24H,4,7-8,14-16,18-20H2,1-2H3;1,3-4,7-11,15,21H,2,5-6,12-14,16-18H2,(H2,29,30,32,33). The van der Waals surface area contributed by atoms with Crippen LogP contribution in [0.1, 0.15) is 139 Å². The van der Waals surface area contributed by atoms with E-state index < -0.39 is 5.69 Å². The first kappa shape index (κ1) is 45.5. The number of aromatic amines is 2. The van der Waals surface area contributed by atoms with E-state index in [-0.39, 0.29) is 11.5 Å². The summed E-state index contributed by atoms with van der Waals surface area (Å²) in [7, 11) is 1.71. The molecule has 2 N–H and O–H groups in total. The minimum absolute atomic E-state index is 0.123. The Balaban J connectivity index is 0.000000168. The molecule has 4 aromatic heterocycles. The molecule has 2 fully saturated rings. The Hall–Kier alpha value is -6.62. The highest BCUT2D eigenvalue weighted by molar-refractivity contribution is 5.76. The molecule has 6 heterocycles. The molecule has 2 saturated heterocycles. The van der Waals surface area contributed by atoms with Gasteiger partial charge in [0.15, 0.2) is 0 Å². The van der Waals surface area contributed by atoms with Crippen LogP contribution in [0, 0.1) is 6.92 Å². The predicted octanol–water partition coefficient (Wildman–Crippen LogP) is 10.5. The van der Waals surface area contributed by atoms with E-state index in [1.54, 1.807) is 7.11 Å². The molecule has 2 unspecified atom stereocenters. The molecule has 0 saturated carbocycles. The lowest BCUT2D eigenvalue weighted by atomic mass is 9.82. The number of nitrogens with one attached hydrogen (secondary N) is 2. The van der Waals surface area contributed by atoms with Crippen molar-refractivity contribution < 1.29 is 4.74 Å². The number of benzene rings is 2. The molecular weight excluding hydrogens is 833 g/mol. The summed E-state index contributed by atoms with van der Waals surface area (Å²) in [6.07, 6.45) is 23.1. The third-order valence-corrected chi connectivity index (χ3v) is 14.0. The number of H-pyrrole nitrogens is 2. The average Bonchev–Trinajstić information content (AvgIpc) is 3.39. The molecule has 67 heavy (non-hydrogen) atoms. The maximum atomic E-state index is 12.7. The van der Waals surface area contributed by atoms with Crippen LogP contribution in [0.25, 0.3) is 11.1 Å². The van der Waals surface area contributed by atoms with Gasteiger partial charge in [0.25, 0.3) is 5.56 Å².